The van der Waals surface area contributed by atoms with Crippen LogP contribution in [-0.2, 0) is 26.3 Å². The summed E-state index contributed by atoms with van der Waals surface area (Å²) in [6, 6.07) is 10.9. The van der Waals surface area contributed by atoms with Gasteiger partial charge in [0.25, 0.3) is 0 Å². The Hall–Kier alpha value is -3.39. The monoisotopic (exact) mass is 435 g/mol. The second-order valence-electron chi connectivity index (χ2n) is 8.89. The minimum Gasteiger partial charge on any atom is -0.504 e. The van der Waals surface area contributed by atoms with E-state index in [-0.39, 0.29) is 35.3 Å². The van der Waals surface area contributed by atoms with E-state index in [0.717, 1.165) is 0 Å². The number of carbonyl (C=O) groups excluding carboxylic acids is 3. The smallest absolute Gasteiger partial charge is 0.250 e. The van der Waals surface area contributed by atoms with Crippen LogP contribution < -0.4 is 10.6 Å². The number of likely N-dealkylation sites (tertiary alicyclic amines) is 1. The van der Waals surface area contributed by atoms with E-state index in [1.807, 2.05) is 32.0 Å². The number of nitrogens with zero attached hydrogens (tertiary/aromatic N) is 1. The van der Waals surface area contributed by atoms with E-state index in [1.165, 1.54) is 17.0 Å². The second kappa shape index (κ2) is 7.06. The van der Waals surface area contributed by atoms with Gasteiger partial charge >= 0.3 is 0 Å². The molecule has 2 saturated heterocycles. The van der Waals surface area contributed by atoms with Crippen molar-refractivity contribution in [2.24, 2.45) is 11.8 Å². The molecular formula is C24H25N3O5. The van der Waals surface area contributed by atoms with Gasteiger partial charge in [-0.2, -0.15) is 0 Å². The molecule has 0 radical (unpaired) electrons. The van der Waals surface area contributed by atoms with Crippen molar-refractivity contribution in [3.05, 3.63) is 53.6 Å². The minimum absolute atomic E-state index is 0.235. The number of aromatic hydroxyl groups is 2. The second-order valence-corrected chi connectivity index (χ2v) is 8.89. The number of hydrogen-bond acceptors (Lipinski definition) is 6. The maximum Gasteiger partial charge on any atom is 0.250 e. The average Bonchev–Trinajstić information content (AvgIpc) is 3.35. The fraction of sp³-hybridized carbons (Fsp3) is 0.375. The molecule has 8 heteroatoms. The summed E-state index contributed by atoms with van der Waals surface area (Å²) in [6.07, 6.45) is 0.927. The number of fused-ring (bicyclic) bond motifs is 4. The van der Waals surface area contributed by atoms with Crippen LogP contribution in [0.1, 0.15) is 31.4 Å². The van der Waals surface area contributed by atoms with Gasteiger partial charge in [0.1, 0.15) is 5.54 Å². The van der Waals surface area contributed by atoms with Crippen molar-refractivity contribution in [1.29, 1.82) is 0 Å². The molecule has 0 saturated carbocycles. The normalized spacial score (nSPS) is 29.4. The first-order valence-corrected chi connectivity index (χ1v) is 10.9. The van der Waals surface area contributed by atoms with Crippen LogP contribution in [0.2, 0.25) is 0 Å². The Morgan fingerprint density at radius 2 is 1.81 bits per heavy atom. The molecule has 2 aromatic rings. The summed E-state index contributed by atoms with van der Waals surface area (Å²) in [7, 11) is 0. The van der Waals surface area contributed by atoms with Crippen LogP contribution in [0.4, 0.5) is 5.69 Å². The average molecular weight is 435 g/mol. The van der Waals surface area contributed by atoms with Crippen LogP contribution in [0.3, 0.4) is 0 Å². The third-order valence-corrected chi connectivity index (χ3v) is 7.18. The molecular weight excluding hydrogens is 410 g/mol. The van der Waals surface area contributed by atoms with Gasteiger partial charge in [-0.1, -0.05) is 31.2 Å². The van der Waals surface area contributed by atoms with Gasteiger partial charge in [0.2, 0.25) is 17.7 Å². The van der Waals surface area contributed by atoms with Crippen LogP contribution in [0.5, 0.6) is 11.5 Å². The van der Waals surface area contributed by atoms with Crippen molar-refractivity contribution >= 4 is 23.4 Å². The summed E-state index contributed by atoms with van der Waals surface area (Å²) >= 11 is 0. The predicted octanol–water partition coefficient (Wildman–Crippen LogP) is 1.86. The van der Waals surface area contributed by atoms with Gasteiger partial charge in [-0.15, -0.1) is 0 Å². The van der Waals surface area contributed by atoms with E-state index in [0.29, 0.717) is 29.7 Å². The minimum atomic E-state index is -1.33. The number of phenols is 2. The topological polar surface area (TPSA) is 119 Å². The highest BCUT2D eigenvalue weighted by Gasteiger charge is 2.70. The number of nitrogens with one attached hydrogen (secondary N) is 2. The van der Waals surface area contributed by atoms with Gasteiger partial charge in [-0.3, -0.25) is 24.6 Å². The highest BCUT2D eigenvalue weighted by atomic mass is 16.3. The lowest BCUT2D eigenvalue weighted by Crippen LogP contribution is -2.54. The molecule has 5 unspecified atom stereocenters. The van der Waals surface area contributed by atoms with E-state index >= 15 is 0 Å². The fourth-order valence-corrected chi connectivity index (χ4v) is 5.52. The Morgan fingerprint density at radius 3 is 2.53 bits per heavy atom. The van der Waals surface area contributed by atoms with Gasteiger partial charge in [0.05, 0.1) is 11.8 Å². The molecule has 5 rings (SSSR count). The number of carbonyl (C=O) groups is 3. The first-order chi connectivity index (χ1) is 15.3. The Morgan fingerprint density at radius 1 is 1.06 bits per heavy atom. The highest BCUT2D eigenvalue weighted by Crippen LogP contribution is 2.53. The number of rotatable bonds is 4. The maximum atomic E-state index is 13.6. The Kier molecular flexibility index (Phi) is 4.53. The summed E-state index contributed by atoms with van der Waals surface area (Å²) in [4.78, 5) is 41.8. The van der Waals surface area contributed by atoms with Crippen LogP contribution >= 0.6 is 0 Å². The third kappa shape index (κ3) is 2.62. The lowest BCUT2D eigenvalue weighted by Gasteiger charge is -2.31. The number of amides is 3. The zero-order chi connectivity index (χ0) is 22.8. The van der Waals surface area contributed by atoms with Gasteiger partial charge in [-0.05, 0) is 43.5 Å². The third-order valence-electron chi connectivity index (χ3n) is 7.18. The van der Waals surface area contributed by atoms with Crippen molar-refractivity contribution in [1.82, 2.24) is 10.2 Å². The van der Waals surface area contributed by atoms with Crippen LogP contribution in [0.15, 0.2) is 42.5 Å². The summed E-state index contributed by atoms with van der Waals surface area (Å²) < 4.78 is 0. The standard InChI is InChI=1S/C24H25N3O5/c1-3-12(2)27-21(30)19-16(10-13-8-9-17(28)18(29)11-13)26-24(20(19)22(27)31)14-6-4-5-7-15(14)25-23(24)32/h4-9,11-12,16,19-20,26,28-29H,3,10H2,1-2H3,(H,25,32). The largest absolute Gasteiger partial charge is 0.504 e. The Balaban J connectivity index is 1.63. The Labute approximate surface area is 185 Å². The fourth-order valence-electron chi connectivity index (χ4n) is 5.52. The molecule has 2 aromatic carbocycles. The summed E-state index contributed by atoms with van der Waals surface area (Å²) in [6.45, 7) is 3.76. The van der Waals surface area contributed by atoms with Crippen LogP contribution in [0.25, 0.3) is 0 Å². The zero-order valence-corrected chi connectivity index (χ0v) is 17.8. The molecule has 0 aromatic heterocycles. The van der Waals surface area contributed by atoms with Gasteiger partial charge in [0.15, 0.2) is 11.5 Å². The van der Waals surface area contributed by atoms with Crippen molar-refractivity contribution in [2.75, 3.05) is 5.32 Å². The summed E-state index contributed by atoms with van der Waals surface area (Å²) in [5.74, 6) is -3.01. The molecule has 8 nitrogen and oxygen atoms in total. The number of phenolic OH excluding ortho intramolecular Hbond substituents is 2. The van der Waals surface area contributed by atoms with Crippen molar-refractivity contribution in [3.8, 4) is 11.5 Å². The Bertz CT molecular complexity index is 1150. The van der Waals surface area contributed by atoms with Gasteiger partial charge in [-0.25, -0.2) is 0 Å². The van der Waals surface area contributed by atoms with Gasteiger partial charge < -0.3 is 15.5 Å². The molecule has 0 aliphatic carbocycles. The quantitative estimate of drug-likeness (QED) is 0.430. The number of imide groups is 1. The number of anilines is 1. The summed E-state index contributed by atoms with van der Waals surface area (Å²) in [5, 5.41) is 25.8. The van der Waals surface area contributed by atoms with E-state index < -0.39 is 23.4 Å². The van der Waals surface area contributed by atoms with Crippen molar-refractivity contribution < 1.29 is 24.6 Å². The summed E-state index contributed by atoms with van der Waals surface area (Å²) in [5.41, 5.74) is 0.652. The van der Waals surface area contributed by atoms with Crippen molar-refractivity contribution in [3.63, 3.8) is 0 Å². The molecule has 166 valence electrons. The highest BCUT2D eigenvalue weighted by molar-refractivity contribution is 6.15. The lowest BCUT2D eigenvalue weighted by molar-refractivity contribution is -0.145. The first kappa shape index (κ1) is 20.5. The lowest BCUT2D eigenvalue weighted by atomic mass is 9.76. The maximum absolute atomic E-state index is 13.6. The molecule has 4 N–H and O–H groups in total. The van der Waals surface area contributed by atoms with Crippen LogP contribution in [-0.4, -0.2) is 44.9 Å². The molecule has 3 aliphatic rings. The van der Waals surface area contributed by atoms with E-state index in [4.69, 9.17) is 0 Å². The SMILES string of the molecule is CCC(C)N1C(=O)C2C(Cc3ccc(O)c(O)c3)NC3(C(=O)Nc4ccccc43)C2C1=O. The van der Waals surface area contributed by atoms with E-state index in [2.05, 4.69) is 10.6 Å². The molecule has 5 atom stereocenters. The molecule has 3 amide bonds. The molecule has 2 fully saturated rings. The van der Waals surface area contributed by atoms with E-state index in [1.54, 1.807) is 12.1 Å². The number of hydrogen-bond donors (Lipinski definition) is 4. The molecule has 1 spiro atoms. The molecule has 3 aliphatic heterocycles. The molecule has 32 heavy (non-hydrogen) atoms. The number of para-hydroxylation sites is 1. The molecule has 3 heterocycles. The molecule has 0 bridgehead atoms. The van der Waals surface area contributed by atoms with Crippen LogP contribution in [0, 0.1) is 11.8 Å². The van der Waals surface area contributed by atoms with Gasteiger partial charge in [0, 0.05) is 23.3 Å². The van der Waals surface area contributed by atoms with E-state index in [9.17, 15) is 24.6 Å². The van der Waals surface area contributed by atoms with Crippen molar-refractivity contribution in [2.45, 2.75) is 44.3 Å². The first-order valence-electron chi connectivity index (χ1n) is 10.9. The number of benzene rings is 2. The predicted molar refractivity (Wildman–Crippen MR) is 116 cm³/mol. The zero-order valence-electron chi connectivity index (χ0n) is 17.8.